The minimum Gasteiger partial charge on any atom is -0.504 e. The molecule has 1 aliphatic heterocycles. The summed E-state index contributed by atoms with van der Waals surface area (Å²) in [5, 5.41) is 13.0. The van der Waals surface area contributed by atoms with E-state index in [4.69, 9.17) is 4.74 Å². The molecule has 0 amide bonds. The normalized spacial score (nSPS) is 18.6. The van der Waals surface area contributed by atoms with Crippen molar-refractivity contribution in [2.24, 2.45) is 0 Å². The van der Waals surface area contributed by atoms with Crippen molar-refractivity contribution in [1.82, 2.24) is 10.2 Å². The molecule has 1 fully saturated rings. The van der Waals surface area contributed by atoms with Crippen LogP contribution in [0.25, 0.3) is 0 Å². The van der Waals surface area contributed by atoms with Crippen molar-refractivity contribution in [3.05, 3.63) is 23.8 Å². The summed E-state index contributed by atoms with van der Waals surface area (Å²) in [6, 6.07) is 4.79. The fourth-order valence-electron chi connectivity index (χ4n) is 2.31. The van der Waals surface area contributed by atoms with Crippen LogP contribution in [0.2, 0.25) is 0 Å². The van der Waals surface area contributed by atoms with Crippen molar-refractivity contribution in [3.63, 3.8) is 0 Å². The van der Waals surface area contributed by atoms with E-state index in [0.717, 1.165) is 31.7 Å². The molecule has 2 N–H and O–H groups in total. The van der Waals surface area contributed by atoms with E-state index in [1.54, 1.807) is 12.1 Å². The minimum absolute atomic E-state index is 0.0589. The first-order valence-electron chi connectivity index (χ1n) is 6.14. The largest absolute Gasteiger partial charge is 0.504 e. The van der Waals surface area contributed by atoms with Gasteiger partial charge >= 0.3 is 0 Å². The van der Waals surface area contributed by atoms with E-state index in [1.807, 2.05) is 6.07 Å². The molecule has 0 aliphatic carbocycles. The van der Waals surface area contributed by atoms with Crippen molar-refractivity contribution in [2.45, 2.75) is 6.04 Å². The summed E-state index contributed by atoms with van der Waals surface area (Å²) < 4.78 is 18.3. The molecule has 4 nitrogen and oxygen atoms in total. The van der Waals surface area contributed by atoms with Crippen molar-refractivity contribution in [3.8, 4) is 11.5 Å². The molecular formula is C13H19FN2O2. The molecule has 0 unspecified atom stereocenters. The van der Waals surface area contributed by atoms with E-state index < -0.39 is 6.67 Å². The lowest BCUT2D eigenvalue weighted by Gasteiger charge is -2.33. The lowest BCUT2D eigenvalue weighted by molar-refractivity contribution is 0.147. The first-order valence-corrected chi connectivity index (χ1v) is 6.14. The van der Waals surface area contributed by atoms with Gasteiger partial charge in [-0.1, -0.05) is 6.07 Å². The van der Waals surface area contributed by atoms with Crippen LogP contribution in [0.4, 0.5) is 4.39 Å². The lowest BCUT2D eigenvalue weighted by Crippen LogP contribution is -2.45. The van der Waals surface area contributed by atoms with E-state index in [1.165, 1.54) is 7.11 Å². The molecule has 0 radical (unpaired) electrons. The number of aromatic hydroxyl groups is 1. The Morgan fingerprint density at radius 1 is 1.44 bits per heavy atom. The third-order valence-electron chi connectivity index (χ3n) is 3.33. The minimum atomic E-state index is -0.453. The Hall–Kier alpha value is -1.33. The van der Waals surface area contributed by atoms with Gasteiger partial charge in [0.05, 0.1) is 13.2 Å². The van der Waals surface area contributed by atoms with Gasteiger partial charge in [0.2, 0.25) is 0 Å². The van der Waals surface area contributed by atoms with Crippen LogP contribution in [-0.2, 0) is 0 Å². The zero-order valence-electron chi connectivity index (χ0n) is 10.5. The maximum Gasteiger partial charge on any atom is 0.160 e. The van der Waals surface area contributed by atoms with E-state index in [-0.39, 0.29) is 11.8 Å². The van der Waals surface area contributed by atoms with Gasteiger partial charge in [-0.05, 0) is 17.7 Å². The molecule has 18 heavy (non-hydrogen) atoms. The first-order chi connectivity index (χ1) is 8.76. The van der Waals surface area contributed by atoms with Gasteiger partial charge < -0.3 is 15.2 Å². The summed E-state index contributed by atoms with van der Waals surface area (Å²) >= 11 is 0. The van der Waals surface area contributed by atoms with Gasteiger partial charge in [0.25, 0.3) is 0 Å². The van der Waals surface area contributed by atoms with Gasteiger partial charge in [-0.2, -0.15) is 0 Å². The van der Waals surface area contributed by atoms with Crippen LogP contribution in [0.15, 0.2) is 18.2 Å². The average Bonchev–Trinajstić information content (AvgIpc) is 2.41. The van der Waals surface area contributed by atoms with Crippen LogP contribution in [0.5, 0.6) is 11.5 Å². The quantitative estimate of drug-likeness (QED) is 0.850. The number of nitrogens with one attached hydrogen (secondary N) is 1. The molecule has 100 valence electrons. The van der Waals surface area contributed by atoms with Gasteiger partial charge in [-0.25, -0.2) is 4.39 Å². The number of ether oxygens (including phenoxy) is 1. The molecule has 1 saturated heterocycles. The molecule has 1 atom stereocenters. The van der Waals surface area contributed by atoms with Gasteiger partial charge in [0, 0.05) is 26.2 Å². The number of methoxy groups -OCH3 is 1. The second kappa shape index (κ2) is 6.02. The van der Waals surface area contributed by atoms with Gasteiger partial charge in [-0.15, -0.1) is 0 Å². The highest BCUT2D eigenvalue weighted by atomic mass is 19.1. The average molecular weight is 254 g/mol. The maximum absolute atomic E-state index is 13.3. The highest BCUT2D eigenvalue weighted by Gasteiger charge is 2.22. The monoisotopic (exact) mass is 254 g/mol. The number of piperazine rings is 1. The fourth-order valence-corrected chi connectivity index (χ4v) is 2.31. The Morgan fingerprint density at radius 2 is 2.17 bits per heavy atom. The van der Waals surface area contributed by atoms with Crippen LogP contribution < -0.4 is 10.1 Å². The van der Waals surface area contributed by atoms with E-state index in [2.05, 4.69) is 10.2 Å². The number of hydrogen-bond donors (Lipinski definition) is 2. The molecule has 1 aromatic rings. The number of benzene rings is 1. The summed E-state index contributed by atoms with van der Waals surface area (Å²) in [5.74, 6) is 0.472. The van der Waals surface area contributed by atoms with E-state index >= 15 is 0 Å². The second-order valence-electron chi connectivity index (χ2n) is 4.39. The summed E-state index contributed by atoms with van der Waals surface area (Å²) in [6.07, 6.45) is 0. The van der Waals surface area contributed by atoms with E-state index in [0.29, 0.717) is 5.75 Å². The number of rotatable bonds is 4. The van der Waals surface area contributed by atoms with Crippen LogP contribution in [-0.4, -0.2) is 50.0 Å². The lowest BCUT2D eigenvalue weighted by atomic mass is 10.0. The SMILES string of the molecule is COc1ccc([C@H](CF)N2CCNCC2)cc1O. The Balaban J connectivity index is 2.18. The van der Waals surface area contributed by atoms with Crippen LogP contribution in [0.1, 0.15) is 11.6 Å². The zero-order chi connectivity index (χ0) is 13.0. The van der Waals surface area contributed by atoms with Crippen LogP contribution in [0.3, 0.4) is 0 Å². The fraction of sp³-hybridized carbons (Fsp3) is 0.538. The second-order valence-corrected chi connectivity index (χ2v) is 4.39. The first kappa shape index (κ1) is 13.1. The molecule has 1 aromatic carbocycles. The Kier molecular flexibility index (Phi) is 4.38. The molecule has 2 rings (SSSR count). The predicted octanol–water partition coefficient (Wildman–Crippen LogP) is 1.32. The maximum atomic E-state index is 13.3. The molecule has 0 aromatic heterocycles. The number of nitrogens with zero attached hydrogens (tertiary/aromatic N) is 1. The van der Waals surface area contributed by atoms with Crippen molar-refractivity contribution >= 4 is 0 Å². The molecule has 0 bridgehead atoms. The summed E-state index contributed by atoms with van der Waals surface area (Å²) in [4.78, 5) is 2.09. The molecule has 1 heterocycles. The Bertz CT molecular complexity index is 395. The summed E-state index contributed by atoms with van der Waals surface area (Å²) in [7, 11) is 1.50. The Labute approximate surface area is 106 Å². The molecule has 0 saturated carbocycles. The number of phenolic OH excluding ortho intramolecular Hbond substituents is 1. The van der Waals surface area contributed by atoms with Crippen molar-refractivity contribution in [1.29, 1.82) is 0 Å². The van der Waals surface area contributed by atoms with E-state index in [9.17, 15) is 9.50 Å². The molecule has 1 aliphatic rings. The zero-order valence-corrected chi connectivity index (χ0v) is 10.5. The molecule has 5 heteroatoms. The predicted molar refractivity (Wildman–Crippen MR) is 67.8 cm³/mol. The Morgan fingerprint density at radius 3 is 2.72 bits per heavy atom. The third kappa shape index (κ3) is 2.73. The highest BCUT2D eigenvalue weighted by molar-refractivity contribution is 5.42. The number of alkyl halides is 1. The highest BCUT2D eigenvalue weighted by Crippen LogP contribution is 2.31. The third-order valence-corrected chi connectivity index (χ3v) is 3.33. The number of phenols is 1. The topological polar surface area (TPSA) is 44.7 Å². The molecular weight excluding hydrogens is 235 g/mol. The van der Waals surface area contributed by atoms with Gasteiger partial charge in [0.15, 0.2) is 11.5 Å². The molecule has 0 spiro atoms. The van der Waals surface area contributed by atoms with Crippen molar-refractivity contribution in [2.75, 3.05) is 40.0 Å². The van der Waals surface area contributed by atoms with Gasteiger partial charge in [0.1, 0.15) is 6.67 Å². The van der Waals surface area contributed by atoms with Gasteiger partial charge in [-0.3, -0.25) is 4.90 Å². The smallest absolute Gasteiger partial charge is 0.160 e. The van der Waals surface area contributed by atoms with Crippen LogP contribution >= 0.6 is 0 Å². The standard InChI is InChI=1S/C13H19FN2O2/c1-18-13-3-2-10(8-12(13)17)11(9-14)16-6-4-15-5-7-16/h2-3,8,11,15,17H,4-7,9H2,1H3/t11-/m0/s1. The van der Waals surface area contributed by atoms with Crippen LogP contribution in [0, 0.1) is 0 Å². The van der Waals surface area contributed by atoms with Crippen molar-refractivity contribution < 1.29 is 14.2 Å². The number of hydrogen-bond acceptors (Lipinski definition) is 4. The summed E-state index contributed by atoms with van der Waals surface area (Å²) in [5.41, 5.74) is 0.790. The summed E-state index contributed by atoms with van der Waals surface area (Å²) in [6.45, 7) is 2.94. The number of halogens is 1.